The highest BCUT2D eigenvalue weighted by Crippen LogP contribution is 2.45. The number of likely N-dealkylation sites (tertiary alicyclic amines) is 2. The number of urea groups is 1. The average Bonchev–Trinajstić information content (AvgIpc) is 3.11. The van der Waals surface area contributed by atoms with Crippen molar-refractivity contribution < 1.29 is 9.18 Å². The zero-order chi connectivity index (χ0) is 18.1. The van der Waals surface area contributed by atoms with Crippen molar-refractivity contribution in [2.24, 2.45) is 11.1 Å². The van der Waals surface area contributed by atoms with Crippen LogP contribution in [0.5, 0.6) is 0 Å². The third-order valence-corrected chi connectivity index (χ3v) is 6.73. The van der Waals surface area contributed by atoms with Crippen molar-refractivity contribution in [3.63, 3.8) is 0 Å². The van der Waals surface area contributed by atoms with Crippen molar-refractivity contribution in [2.45, 2.75) is 63.2 Å². The monoisotopic (exact) mass is 359 g/mol. The minimum absolute atomic E-state index is 0.000576. The molecule has 2 heterocycles. The van der Waals surface area contributed by atoms with Gasteiger partial charge < -0.3 is 15.5 Å². The number of amides is 2. The quantitative estimate of drug-likeness (QED) is 0.827. The number of alkyl halides is 1. The van der Waals surface area contributed by atoms with Crippen molar-refractivity contribution in [3.05, 3.63) is 35.9 Å². The first-order chi connectivity index (χ1) is 12.6. The van der Waals surface area contributed by atoms with Crippen LogP contribution < -0.4 is 5.73 Å². The average molecular weight is 359 g/mol. The molecule has 1 spiro atoms. The van der Waals surface area contributed by atoms with E-state index in [0.29, 0.717) is 11.8 Å². The fourth-order valence-corrected chi connectivity index (χ4v) is 5.27. The molecule has 1 saturated carbocycles. The first-order valence-corrected chi connectivity index (χ1v) is 10.1. The van der Waals surface area contributed by atoms with Gasteiger partial charge >= 0.3 is 6.03 Å². The third kappa shape index (κ3) is 3.34. The van der Waals surface area contributed by atoms with Gasteiger partial charge in [0.25, 0.3) is 0 Å². The highest BCUT2D eigenvalue weighted by molar-refractivity contribution is 5.75. The lowest BCUT2D eigenvalue weighted by Crippen LogP contribution is -2.57. The van der Waals surface area contributed by atoms with Crippen LogP contribution in [-0.4, -0.2) is 47.7 Å². The maximum absolute atomic E-state index is 14.4. The number of hydrogen-bond donors (Lipinski definition) is 1. The second-order valence-electron chi connectivity index (χ2n) is 8.51. The summed E-state index contributed by atoms with van der Waals surface area (Å²) in [5.41, 5.74) is 7.38. The molecule has 4 rings (SSSR count). The molecule has 3 unspecified atom stereocenters. The lowest BCUT2D eigenvalue weighted by molar-refractivity contribution is 0.0461. The van der Waals surface area contributed by atoms with E-state index in [-0.39, 0.29) is 18.6 Å². The minimum atomic E-state index is -1.15. The summed E-state index contributed by atoms with van der Waals surface area (Å²) in [5.74, 6) is 0. The number of hydrogen-bond acceptors (Lipinski definition) is 2. The molecule has 0 bridgehead atoms. The van der Waals surface area contributed by atoms with Crippen molar-refractivity contribution in [1.29, 1.82) is 0 Å². The van der Waals surface area contributed by atoms with Gasteiger partial charge in [-0.25, -0.2) is 9.18 Å². The number of carbonyl (C=O) groups is 1. The Morgan fingerprint density at radius 3 is 2.54 bits per heavy atom. The molecular weight excluding hydrogens is 329 g/mol. The van der Waals surface area contributed by atoms with Crippen LogP contribution in [0.1, 0.15) is 56.6 Å². The molecule has 1 aliphatic carbocycles. The van der Waals surface area contributed by atoms with Crippen molar-refractivity contribution in [1.82, 2.24) is 9.80 Å². The van der Waals surface area contributed by atoms with E-state index in [1.807, 2.05) is 35.2 Å². The molecule has 0 radical (unpaired) electrons. The number of halogens is 1. The fourth-order valence-electron chi connectivity index (χ4n) is 5.27. The molecule has 3 aliphatic rings. The largest absolute Gasteiger partial charge is 0.325 e. The fraction of sp³-hybridized carbons (Fsp3) is 0.667. The molecule has 26 heavy (non-hydrogen) atoms. The molecule has 1 aromatic carbocycles. The van der Waals surface area contributed by atoms with E-state index < -0.39 is 12.2 Å². The van der Waals surface area contributed by atoms with Gasteiger partial charge in [-0.15, -0.1) is 0 Å². The number of rotatable bonds is 1. The number of carbonyl (C=O) groups excluding carboxylic acids is 1. The van der Waals surface area contributed by atoms with Crippen LogP contribution in [0.15, 0.2) is 30.3 Å². The van der Waals surface area contributed by atoms with Crippen LogP contribution in [0, 0.1) is 5.41 Å². The molecule has 1 aromatic rings. The van der Waals surface area contributed by atoms with Crippen LogP contribution >= 0.6 is 0 Å². The number of benzene rings is 1. The molecule has 2 amide bonds. The molecule has 2 aliphatic heterocycles. The van der Waals surface area contributed by atoms with Gasteiger partial charge in [-0.05, 0) is 43.1 Å². The SMILES string of the molecule is NC1CC(c2ccccc2)N(C(=O)N2CCCC3(CCCC3)C2)CC1F. The summed E-state index contributed by atoms with van der Waals surface area (Å²) < 4.78 is 14.4. The van der Waals surface area contributed by atoms with Crippen LogP contribution in [-0.2, 0) is 0 Å². The van der Waals surface area contributed by atoms with Crippen molar-refractivity contribution in [2.75, 3.05) is 19.6 Å². The van der Waals surface area contributed by atoms with E-state index >= 15 is 0 Å². The Kier molecular flexibility index (Phi) is 4.91. The molecular formula is C21H30FN3O. The summed E-state index contributed by atoms with van der Waals surface area (Å²) in [5, 5.41) is 0. The Morgan fingerprint density at radius 1 is 1.12 bits per heavy atom. The third-order valence-electron chi connectivity index (χ3n) is 6.73. The maximum Gasteiger partial charge on any atom is 0.320 e. The van der Waals surface area contributed by atoms with E-state index in [1.54, 1.807) is 4.90 Å². The summed E-state index contributed by atoms with van der Waals surface area (Å²) in [7, 11) is 0. The normalized spacial score (nSPS) is 31.4. The number of piperidine rings is 2. The van der Waals surface area contributed by atoms with Gasteiger partial charge in [-0.1, -0.05) is 43.2 Å². The molecule has 2 saturated heterocycles. The van der Waals surface area contributed by atoms with Crippen LogP contribution in [0.2, 0.25) is 0 Å². The topological polar surface area (TPSA) is 49.6 Å². The van der Waals surface area contributed by atoms with Crippen molar-refractivity contribution in [3.8, 4) is 0 Å². The smallest absolute Gasteiger partial charge is 0.320 e. The molecule has 2 N–H and O–H groups in total. The summed E-state index contributed by atoms with van der Waals surface area (Å²) in [4.78, 5) is 17.1. The zero-order valence-electron chi connectivity index (χ0n) is 15.4. The highest BCUT2D eigenvalue weighted by Gasteiger charge is 2.43. The lowest BCUT2D eigenvalue weighted by Gasteiger charge is -2.46. The van der Waals surface area contributed by atoms with Gasteiger partial charge in [0.2, 0.25) is 0 Å². The molecule has 3 atom stereocenters. The highest BCUT2D eigenvalue weighted by atomic mass is 19.1. The second kappa shape index (κ2) is 7.18. The van der Waals surface area contributed by atoms with E-state index in [1.165, 1.54) is 32.1 Å². The summed E-state index contributed by atoms with van der Waals surface area (Å²) in [6.07, 6.45) is 6.65. The summed E-state index contributed by atoms with van der Waals surface area (Å²) in [6, 6.07) is 9.30. The Morgan fingerprint density at radius 2 is 1.81 bits per heavy atom. The molecule has 142 valence electrons. The van der Waals surface area contributed by atoms with Gasteiger partial charge in [-0.3, -0.25) is 0 Å². The predicted octanol–water partition coefficient (Wildman–Crippen LogP) is 3.88. The zero-order valence-corrected chi connectivity index (χ0v) is 15.4. The lowest BCUT2D eigenvalue weighted by atomic mass is 9.78. The van der Waals surface area contributed by atoms with Crippen LogP contribution in [0.3, 0.4) is 0 Å². The van der Waals surface area contributed by atoms with Crippen LogP contribution in [0.4, 0.5) is 9.18 Å². The van der Waals surface area contributed by atoms with Gasteiger partial charge in [-0.2, -0.15) is 0 Å². The van der Waals surface area contributed by atoms with Gasteiger partial charge in [0, 0.05) is 19.1 Å². The van der Waals surface area contributed by atoms with Gasteiger partial charge in [0.05, 0.1) is 12.6 Å². The maximum atomic E-state index is 14.4. The Labute approximate surface area is 155 Å². The Bertz CT molecular complexity index is 631. The Hall–Kier alpha value is -1.62. The predicted molar refractivity (Wildman–Crippen MR) is 100 cm³/mol. The van der Waals surface area contributed by atoms with E-state index in [9.17, 15) is 9.18 Å². The molecule has 0 aromatic heterocycles. The van der Waals surface area contributed by atoms with Crippen LogP contribution in [0.25, 0.3) is 0 Å². The van der Waals surface area contributed by atoms with E-state index in [2.05, 4.69) is 0 Å². The second-order valence-corrected chi connectivity index (χ2v) is 8.51. The van der Waals surface area contributed by atoms with E-state index in [4.69, 9.17) is 5.73 Å². The first-order valence-electron chi connectivity index (χ1n) is 10.1. The molecule has 4 nitrogen and oxygen atoms in total. The molecule has 5 heteroatoms. The summed E-state index contributed by atoms with van der Waals surface area (Å²) in [6.45, 7) is 1.73. The van der Waals surface area contributed by atoms with E-state index in [0.717, 1.165) is 25.1 Å². The standard InChI is InChI=1S/C21H30FN3O/c22-17-14-25(19(13-18(17)23)16-7-2-1-3-8-16)20(26)24-12-6-11-21(15-24)9-4-5-10-21/h1-3,7-8,17-19H,4-6,9-15,23H2. The van der Waals surface area contributed by atoms with Gasteiger partial charge in [0.1, 0.15) is 6.17 Å². The number of nitrogens with zero attached hydrogens (tertiary/aromatic N) is 2. The first kappa shape index (κ1) is 17.8. The molecule has 3 fully saturated rings. The Balaban J connectivity index is 1.55. The van der Waals surface area contributed by atoms with Gasteiger partial charge in [0.15, 0.2) is 0 Å². The van der Waals surface area contributed by atoms with Crippen molar-refractivity contribution >= 4 is 6.03 Å². The number of nitrogens with two attached hydrogens (primary N) is 1. The summed E-state index contributed by atoms with van der Waals surface area (Å²) >= 11 is 0. The minimum Gasteiger partial charge on any atom is -0.325 e.